The van der Waals surface area contributed by atoms with Crippen LogP contribution in [0, 0.1) is 18.7 Å². The molecule has 1 fully saturated rings. The molecule has 152 valence electrons. The summed E-state index contributed by atoms with van der Waals surface area (Å²) in [5.41, 5.74) is 7.26. The molecule has 1 atom stereocenters. The van der Waals surface area contributed by atoms with Crippen molar-refractivity contribution in [1.29, 1.82) is 0 Å². The number of carbonyl (C=O) groups is 2. The number of nitrogens with zero attached hydrogens (tertiary/aromatic N) is 1. The number of amides is 2. The van der Waals surface area contributed by atoms with Gasteiger partial charge in [0.1, 0.15) is 5.82 Å². The largest absolute Gasteiger partial charge is 0.355 e. The molecule has 2 amide bonds. The highest BCUT2D eigenvalue weighted by atomic mass is 35.5. The standard InChI is InChI=1S/C20H24FN3O2S.ClH/c1-13-17(14-4-6-16(21)7-5-14)11-18(27-13)20(26)24-10-2-3-15(12-24)19(25)23-9-8-22;/h4-7,11,15H,2-3,8-10,12,22H2,1H3,(H,23,25);1H. The number of nitrogens with one attached hydrogen (secondary N) is 1. The Hall–Kier alpha value is -1.96. The van der Waals surface area contributed by atoms with Gasteiger partial charge in [-0.25, -0.2) is 4.39 Å². The molecule has 0 radical (unpaired) electrons. The van der Waals surface area contributed by atoms with E-state index >= 15 is 0 Å². The Labute approximate surface area is 174 Å². The molecule has 1 aromatic carbocycles. The van der Waals surface area contributed by atoms with E-state index in [0.29, 0.717) is 31.1 Å². The van der Waals surface area contributed by atoms with Crippen molar-refractivity contribution >= 4 is 35.6 Å². The molecule has 2 aromatic rings. The number of nitrogens with two attached hydrogens (primary N) is 1. The lowest BCUT2D eigenvalue weighted by atomic mass is 9.97. The van der Waals surface area contributed by atoms with E-state index in [2.05, 4.69) is 5.32 Å². The Kier molecular flexibility index (Phi) is 7.98. The smallest absolute Gasteiger partial charge is 0.263 e. The maximum absolute atomic E-state index is 13.2. The van der Waals surface area contributed by atoms with Gasteiger partial charge in [0.05, 0.1) is 10.8 Å². The topological polar surface area (TPSA) is 75.4 Å². The van der Waals surface area contributed by atoms with E-state index in [1.165, 1.54) is 23.5 Å². The second kappa shape index (κ2) is 10.0. The Morgan fingerprint density at radius 3 is 2.71 bits per heavy atom. The molecule has 1 aliphatic heterocycles. The van der Waals surface area contributed by atoms with Crippen molar-refractivity contribution in [3.63, 3.8) is 0 Å². The molecule has 3 rings (SSSR count). The Morgan fingerprint density at radius 1 is 1.32 bits per heavy atom. The van der Waals surface area contributed by atoms with Gasteiger partial charge in [-0.05, 0) is 49.1 Å². The minimum atomic E-state index is -0.282. The van der Waals surface area contributed by atoms with E-state index < -0.39 is 0 Å². The first-order chi connectivity index (χ1) is 13.0. The third-order valence-electron chi connectivity index (χ3n) is 4.81. The maximum Gasteiger partial charge on any atom is 0.263 e. The monoisotopic (exact) mass is 425 g/mol. The number of aryl methyl sites for hydroxylation is 1. The highest BCUT2D eigenvalue weighted by molar-refractivity contribution is 7.14. The van der Waals surface area contributed by atoms with Crippen LogP contribution in [0.25, 0.3) is 11.1 Å². The average molecular weight is 426 g/mol. The lowest BCUT2D eigenvalue weighted by Crippen LogP contribution is -2.46. The van der Waals surface area contributed by atoms with Gasteiger partial charge in [-0.2, -0.15) is 0 Å². The first-order valence-corrected chi connectivity index (χ1v) is 9.94. The first kappa shape index (κ1) is 22.3. The van der Waals surface area contributed by atoms with Gasteiger partial charge >= 0.3 is 0 Å². The fourth-order valence-corrected chi connectivity index (χ4v) is 4.38. The predicted octanol–water partition coefficient (Wildman–Crippen LogP) is 3.21. The quantitative estimate of drug-likeness (QED) is 0.772. The molecular weight excluding hydrogens is 401 g/mol. The van der Waals surface area contributed by atoms with E-state index in [0.717, 1.165) is 28.8 Å². The van der Waals surface area contributed by atoms with Crippen LogP contribution in [0.5, 0.6) is 0 Å². The summed E-state index contributed by atoms with van der Waals surface area (Å²) < 4.78 is 13.2. The van der Waals surface area contributed by atoms with Gasteiger partial charge in [0, 0.05) is 31.1 Å². The zero-order valence-corrected chi connectivity index (χ0v) is 17.4. The minimum Gasteiger partial charge on any atom is -0.355 e. The molecule has 5 nitrogen and oxygen atoms in total. The molecule has 1 aliphatic rings. The van der Waals surface area contributed by atoms with E-state index in [1.54, 1.807) is 17.0 Å². The zero-order valence-electron chi connectivity index (χ0n) is 15.7. The lowest BCUT2D eigenvalue weighted by molar-refractivity contribution is -0.126. The maximum atomic E-state index is 13.2. The van der Waals surface area contributed by atoms with Crippen molar-refractivity contribution < 1.29 is 14.0 Å². The average Bonchev–Trinajstić information content (AvgIpc) is 3.08. The Bertz CT molecular complexity index is 825. The van der Waals surface area contributed by atoms with Gasteiger partial charge in [0.2, 0.25) is 5.91 Å². The summed E-state index contributed by atoms with van der Waals surface area (Å²) in [6.07, 6.45) is 1.59. The molecule has 0 bridgehead atoms. The third kappa shape index (κ3) is 5.10. The lowest BCUT2D eigenvalue weighted by Gasteiger charge is -2.31. The highest BCUT2D eigenvalue weighted by Gasteiger charge is 2.29. The van der Waals surface area contributed by atoms with Crippen molar-refractivity contribution in [3.8, 4) is 11.1 Å². The van der Waals surface area contributed by atoms with Crippen molar-refractivity contribution in [2.24, 2.45) is 11.7 Å². The normalized spacial score (nSPS) is 16.4. The number of carbonyl (C=O) groups excluding carboxylic acids is 2. The van der Waals surface area contributed by atoms with Gasteiger partial charge in [-0.3, -0.25) is 9.59 Å². The summed E-state index contributed by atoms with van der Waals surface area (Å²) >= 11 is 1.44. The van der Waals surface area contributed by atoms with Crippen LogP contribution in [0.15, 0.2) is 30.3 Å². The van der Waals surface area contributed by atoms with Crippen molar-refractivity contribution in [2.45, 2.75) is 19.8 Å². The highest BCUT2D eigenvalue weighted by Crippen LogP contribution is 2.32. The molecule has 8 heteroatoms. The molecule has 0 spiro atoms. The number of likely N-dealkylation sites (tertiary alicyclic amines) is 1. The first-order valence-electron chi connectivity index (χ1n) is 9.13. The number of rotatable bonds is 5. The summed E-state index contributed by atoms with van der Waals surface area (Å²) in [5.74, 6) is -0.554. The molecular formula is C20H25ClFN3O2S. The summed E-state index contributed by atoms with van der Waals surface area (Å²) in [4.78, 5) is 28.6. The molecule has 1 aromatic heterocycles. The molecule has 3 N–H and O–H groups in total. The van der Waals surface area contributed by atoms with Crippen LogP contribution in [-0.4, -0.2) is 42.9 Å². The van der Waals surface area contributed by atoms with Crippen molar-refractivity contribution in [2.75, 3.05) is 26.2 Å². The van der Waals surface area contributed by atoms with Gasteiger partial charge in [-0.15, -0.1) is 23.7 Å². The van der Waals surface area contributed by atoms with Crippen molar-refractivity contribution in [1.82, 2.24) is 10.2 Å². The van der Waals surface area contributed by atoms with Crippen molar-refractivity contribution in [3.05, 3.63) is 45.9 Å². The van der Waals surface area contributed by atoms with Crippen LogP contribution < -0.4 is 11.1 Å². The van der Waals surface area contributed by atoms with Crippen LogP contribution in [0.1, 0.15) is 27.4 Å². The second-order valence-corrected chi connectivity index (χ2v) is 8.01. The number of thiophene rings is 1. The van der Waals surface area contributed by atoms with Gasteiger partial charge in [0.25, 0.3) is 5.91 Å². The summed E-state index contributed by atoms with van der Waals surface area (Å²) in [6.45, 7) is 3.90. The van der Waals surface area contributed by atoms with Gasteiger partial charge < -0.3 is 16.0 Å². The number of benzene rings is 1. The predicted molar refractivity (Wildman–Crippen MR) is 112 cm³/mol. The number of halogens is 2. The van der Waals surface area contributed by atoms with Crippen LogP contribution in [0.3, 0.4) is 0 Å². The third-order valence-corrected chi connectivity index (χ3v) is 5.85. The molecule has 2 heterocycles. The number of hydrogen-bond acceptors (Lipinski definition) is 4. The fourth-order valence-electron chi connectivity index (χ4n) is 3.37. The molecule has 1 saturated heterocycles. The molecule has 0 saturated carbocycles. The number of hydrogen-bond donors (Lipinski definition) is 2. The van der Waals surface area contributed by atoms with Crippen LogP contribution in [0.4, 0.5) is 4.39 Å². The van der Waals surface area contributed by atoms with Crippen LogP contribution in [-0.2, 0) is 4.79 Å². The second-order valence-electron chi connectivity index (χ2n) is 6.76. The van der Waals surface area contributed by atoms with E-state index in [4.69, 9.17) is 5.73 Å². The fraction of sp³-hybridized carbons (Fsp3) is 0.400. The van der Waals surface area contributed by atoms with Crippen LogP contribution in [0.2, 0.25) is 0 Å². The van der Waals surface area contributed by atoms with Gasteiger partial charge in [-0.1, -0.05) is 12.1 Å². The van der Waals surface area contributed by atoms with E-state index in [-0.39, 0.29) is 36.0 Å². The molecule has 0 aliphatic carbocycles. The molecule has 28 heavy (non-hydrogen) atoms. The molecule has 1 unspecified atom stereocenters. The van der Waals surface area contributed by atoms with Gasteiger partial charge in [0.15, 0.2) is 0 Å². The summed E-state index contributed by atoms with van der Waals surface area (Å²) in [6, 6.07) is 8.15. The zero-order chi connectivity index (χ0) is 19.4. The minimum absolute atomic E-state index is 0. The van der Waals surface area contributed by atoms with Crippen LogP contribution >= 0.6 is 23.7 Å². The number of piperidine rings is 1. The SMILES string of the molecule is Cc1sc(C(=O)N2CCCC(C(=O)NCCN)C2)cc1-c1ccc(F)cc1.Cl. The Balaban J connectivity index is 0.00000280. The van der Waals surface area contributed by atoms with E-state index in [9.17, 15) is 14.0 Å². The summed E-state index contributed by atoms with van der Waals surface area (Å²) in [5, 5.41) is 2.81. The Morgan fingerprint density at radius 2 is 2.04 bits per heavy atom. The van der Waals surface area contributed by atoms with E-state index in [1.807, 2.05) is 13.0 Å². The summed E-state index contributed by atoms with van der Waals surface area (Å²) in [7, 11) is 0.